The Morgan fingerprint density at radius 3 is 1.71 bits per heavy atom. The van der Waals surface area contributed by atoms with Gasteiger partial charge in [-0.2, -0.15) is 0 Å². The molecule has 0 aliphatic heterocycles. The first kappa shape index (κ1) is 30.6. The minimum atomic E-state index is -0.187. The molecule has 0 bridgehead atoms. The second-order valence-corrected chi connectivity index (χ2v) is 10.3. The van der Waals surface area contributed by atoms with Gasteiger partial charge in [0.1, 0.15) is 12.4 Å². The van der Waals surface area contributed by atoms with Gasteiger partial charge >= 0.3 is 0 Å². The molecule has 34 heavy (non-hydrogen) atoms. The van der Waals surface area contributed by atoms with Crippen LogP contribution in [0.2, 0.25) is 0 Å². The summed E-state index contributed by atoms with van der Waals surface area (Å²) < 4.78 is 14.2. The lowest BCUT2D eigenvalue weighted by atomic mass is 10.0. The topological polar surface area (TPSA) is 20.3 Å². The molecule has 0 spiro atoms. The molecule has 1 aromatic rings. The normalized spacial score (nSPS) is 11.7. The van der Waals surface area contributed by atoms with Crippen molar-refractivity contribution in [1.82, 2.24) is 4.90 Å². The number of nitrogens with zero attached hydrogens (tertiary/aromatic N) is 2. The van der Waals surface area contributed by atoms with Crippen LogP contribution in [0.15, 0.2) is 24.3 Å². The molecule has 1 rings (SSSR count). The number of unbranched alkanes of at least 4 members (excludes halogenated alkanes) is 12. The number of hydrogen-bond donors (Lipinski definition) is 0. The highest BCUT2D eigenvalue weighted by Crippen LogP contribution is 2.16. The Kier molecular flexibility index (Phi) is 17.0. The van der Waals surface area contributed by atoms with Crippen LogP contribution >= 0.6 is 0 Å². The molecule has 0 saturated carbocycles. The van der Waals surface area contributed by atoms with Gasteiger partial charge in [0.25, 0.3) is 0 Å². The van der Waals surface area contributed by atoms with Crippen molar-refractivity contribution < 1.29 is 13.7 Å². The quantitative estimate of drug-likeness (QED) is 0.129. The molecule has 196 valence electrons. The van der Waals surface area contributed by atoms with Crippen molar-refractivity contribution in [3.8, 4) is 0 Å². The minimum Gasteiger partial charge on any atom is -0.340 e. The van der Waals surface area contributed by atoms with Crippen LogP contribution in [-0.2, 0) is 11.3 Å². The fourth-order valence-electron chi connectivity index (χ4n) is 4.79. The Labute approximate surface area is 210 Å². The zero-order chi connectivity index (χ0) is 25.1. The summed E-state index contributed by atoms with van der Waals surface area (Å²) in [7, 11) is 1.95. The number of hydrogen-bond acceptors (Lipinski definition) is 1. The SMILES string of the molecule is CCCCCCCCCCCCCCCC(=O)N(C)CC[N+](CC)(CC)Cc1ccc(F)cc1. The van der Waals surface area contributed by atoms with Gasteiger partial charge in [0.2, 0.25) is 5.91 Å². The lowest BCUT2D eigenvalue weighted by Gasteiger charge is -2.38. The summed E-state index contributed by atoms with van der Waals surface area (Å²) in [6.07, 6.45) is 17.9. The van der Waals surface area contributed by atoms with Gasteiger partial charge in [0, 0.05) is 19.0 Å². The number of carbonyl (C=O) groups excluding carboxylic acids is 1. The zero-order valence-corrected chi connectivity index (χ0v) is 22.9. The molecule has 1 aromatic carbocycles. The van der Waals surface area contributed by atoms with Crippen LogP contribution in [0, 0.1) is 5.82 Å². The van der Waals surface area contributed by atoms with Crippen LogP contribution < -0.4 is 0 Å². The maximum atomic E-state index is 13.3. The maximum absolute atomic E-state index is 13.3. The smallest absolute Gasteiger partial charge is 0.222 e. The number of benzene rings is 1. The second-order valence-electron chi connectivity index (χ2n) is 10.3. The number of halogens is 1. The number of carbonyl (C=O) groups is 1. The Morgan fingerprint density at radius 1 is 0.765 bits per heavy atom. The Bertz CT molecular complexity index is 627. The number of likely N-dealkylation sites (N-methyl/N-ethyl adjacent to an activating group) is 2. The van der Waals surface area contributed by atoms with E-state index >= 15 is 0 Å². The third-order valence-corrected chi connectivity index (χ3v) is 7.60. The molecule has 0 N–H and O–H groups in total. The third-order valence-electron chi connectivity index (χ3n) is 7.60. The van der Waals surface area contributed by atoms with Gasteiger partial charge in [-0.15, -0.1) is 0 Å². The Hall–Kier alpha value is -1.42. The predicted octanol–water partition coefficient (Wildman–Crippen LogP) is 8.12. The first-order valence-corrected chi connectivity index (χ1v) is 14.3. The molecule has 0 fully saturated rings. The van der Waals surface area contributed by atoms with Gasteiger partial charge < -0.3 is 9.38 Å². The Balaban J connectivity index is 2.15. The van der Waals surface area contributed by atoms with Crippen molar-refractivity contribution >= 4 is 5.91 Å². The van der Waals surface area contributed by atoms with Crippen LogP contribution in [0.25, 0.3) is 0 Å². The average molecular weight is 478 g/mol. The summed E-state index contributed by atoms with van der Waals surface area (Å²) in [5, 5.41) is 0. The summed E-state index contributed by atoms with van der Waals surface area (Å²) >= 11 is 0. The molecule has 0 unspecified atom stereocenters. The van der Waals surface area contributed by atoms with E-state index in [-0.39, 0.29) is 11.7 Å². The summed E-state index contributed by atoms with van der Waals surface area (Å²) in [5.41, 5.74) is 1.16. The Morgan fingerprint density at radius 2 is 1.24 bits per heavy atom. The van der Waals surface area contributed by atoms with Crippen LogP contribution in [-0.4, -0.2) is 48.5 Å². The number of rotatable bonds is 21. The van der Waals surface area contributed by atoms with E-state index in [0.29, 0.717) is 6.42 Å². The molecular weight excluding hydrogens is 423 g/mol. The zero-order valence-electron chi connectivity index (χ0n) is 22.9. The van der Waals surface area contributed by atoms with E-state index in [2.05, 4.69) is 20.8 Å². The average Bonchev–Trinajstić information content (AvgIpc) is 2.85. The van der Waals surface area contributed by atoms with Crippen LogP contribution in [0.4, 0.5) is 4.39 Å². The molecule has 1 amide bonds. The van der Waals surface area contributed by atoms with E-state index in [1.165, 1.54) is 77.0 Å². The van der Waals surface area contributed by atoms with Crippen molar-refractivity contribution in [1.29, 1.82) is 0 Å². The van der Waals surface area contributed by atoms with Gasteiger partial charge in [-0.3, -0.25) is 4.79 Å². The van der Waals surface area contributed by atoms with Gasteiger partial charge in [0.15, 0.2) is 0 Å². The molecule has 3 nitrogen and oxygen atoms in total. The molecule has 0 atom stereocenters. The van der Waals surface area contributed by atoms with Gasteiger partial charge in [-0.05, 0) is 32.4 Å². The minimum absolute atomic E-state index is 0.187. The predicted molar refractivity (Wildman–Crippen MR) is 144 cm³/mol. The summed E-state index contributed by atoms with van der Waals surface area (Å²) in [5.74, 6) is 0.0866. The van der Waals surface area contributed by atoms with Gasteiger partial charge in [0.05, 0.1) is 26.2 Å². The summed E-state index contributed by atoms with van der Waals surface area (Å²) in [6.45, 7) is 11.3. The highest BCUT2D eigenvalue weighted by molar-refractivity contribution is 5.75. The maximum Gasteiger partial charge on any atom is 0.222 e. The van der Waals surface area contributed by atoms with Gasteiger partial charge in [-0.25, -0.2) is 4.39 Å². The molecule has 0 saturated heterocycles. The van der Waals surface area contributed by atoms with E-state index in [1.54, 1.807) is 12.1 Å². The lowest BCUT2D eigenvalue weighted by molar-refractivity contribution is -0.937. The summed E-state index contributed by atoms with van der Waals surface area (Å²) in [6, 6.07) is 6.86. The van der Waals surface area contributed by atoms with Crippen LogP contribution in [0.3, 0.4) is 0 Å². The highest BCUT2D eigenvalue weighted by Gasteiger charge is 2.25. The molecular formula is C30H54FN2O+. The second kappa shape index (κ2) is 18.9. The van der Waals surface area contributed by atoms with Crippen molar-refractivity contribution in [3.63, 3.8) is 0 Å². The van der Waals surface area contributed by atoms with Crippen LogP contribution in [0.1, 0.15) is 116 Å². The van der Waals surface area contributed by atoms with Crippen molar-refractivity contribution in [2.45, 2.75) is 117 Å². The molecule has 4 heteroatoms. The van der Waals surface area contributed by atoms with E-state index in [9.17, 15) is 9.18 Å². The first-order valence-electron chi connectivity index (χ1n) is 14.3. The number of amides is 1. The molecule has 0 aromatic heterocycles. The van der Waals surface area contributed by atoms with Crippen molar-refractivity contribution in [3.05, 3.63) is 35.6 Å². The fourth-order valence-corrected chi connectivity index (χ4v) is 4.79. The number of quaternary nitrogens is 1. The first-order chi connectivity index (χ1) is 16.5. The highest BCUT2D eigenvalue weighted by atomic mass is 19.1. The molecule has 0 aliphatic carbocycles. The van der Waals surface area contributed by atoms with E-state index < -0.39 is 0 Å². The van der Waals surface area contributed by atoms with E-state index in [0.717, 1.165) is 49.2 Å². The van der Waals surface area contributed by atoms with Crippen molar-refractivity contribution in [2.75, 3.05) is 33.2 Å². The summed E-state index contributed by atoms with van der Waals surface area (Å²) in [4.78, 5) is 14.5. The lowest BCUT2D eigenvalue weighted by Crippen LogP contribution is -2.51. The third kappa shape index (κ3) is 13.5. The molecule has 0 radical (unpaired) electrons. The molecule has 0 aliphatic rings. The monoisotopic (exact) mass is 477 g/mol. The standard InChI is InChI=1S/C30H54FN2O/c1-5-8-9-10-11-12-13-14-15-16-17-18-19-20-30(34)32(4)25-26-33(6-2,7-3)27-28-21-23-29(31)24-22-28/h21-24H,5-20,25-27H2,1-4H3/q+1. The van der Waals surface area contributed by atoms with Crippen LogP contribution in [0.5, 0.6) is 0 Å². The largest absolute Gasteiger partial charge is 0.340 e. The molecule has 0 heterocycles. The van der Waals surface area contributed by atoms with Crippen molar-refractivity contribution in [2.24, 2.45) is 0 Å². The van der Waals surface area contributed by atoms with E-state index in [1.807, 2.05) is 24.1 Å². The van der Waals surface area contributed by atoms with E-state index in [4.69, 9.17) is 0 Å². The van der Waals surface area contributed by atoms with Gasteiger partial charge in [-0.1, -0.05) is 96.1 Å². The fraction of sp³-hybridized carbons (Fsp3) is 0.767.